The molecule has 6 nitrogen and oxygen atoms in total. The fraction of sp³-hybridized carbons (Fsp3) is 0.417. The van der Waals surface area contributed by atoms with Gasteiger partial charge in [-0.3, -0.25) is 4.99 Å². The van der Waals surface area contributed by atoms with Crippen LogP contribution in [0.15, 0.2) is 41.0 Å². The van der Waals surface area contributed by atoms with Gasteiger partial charge < -0.3 is 20.8 Å². The van der Waals surface area contributed by atoms with Crippen LogP contribution < -0.4 is 10.6 Å². The summed E-state index contributed by atoms with van der Waals surface area (Å²) in [5.74, 6) is -1.28. The first-order valence-corrected chi connectivity index (χ1v) is 10.5. The van der Waals surface area contributed by atoms with Crippen molar-refractivity contribution < 1.29 is 19.0 Å². The maximum Gasteiger partial charge on any atom is 0.159 e. The van der Waals surface area contributed by atoms with Crippen molar-refractivity contribution in [1.82, 2.24) is 4.98 Å². The monoisotopic (exact) mass is 444 g/mol. The lowest BCUT2D eigenvalue weighted by Gasteiger charge is -2.39. The number of allylic oxidation sites excluding steroid dienone is 2. The van der Waals surface area contributed by atoms with Crippen LogP contribution in [0.5, 0.6) is 0 Å². The Balaban J connectivity index is 1.94. The van der Waals surface area contributed by atoms with Gasteiger partial charge in [0, 0.05) is 37.6 Å². The van der Waals surface area contributed by atoms with Gasteiger partial charge in [0.1, 0.15) is 5.82 Å². The molecule has 32 heavy (non-hydrogen) atoms. The molecule has 8 heteroatoms. The Kier molecular flexibility index (Phi) is 6.67. The van der Waals surface area contributed by atoms with Gasteiger partial charge in [0.25, 0.3) is 0 Å². The second kappa shape index (κ2) is 8.96. The fourth-order valence-electron chi connectivity index (χ4n) is 3.85. The van der Waals surface area contributed by atoms with Gasteiger partial charge in [0.15, 0.2) is 11.6 Å². The van der Waals surface area contributed by atoms with E-state index in [4.69, 9.17) is 10.7 Å². The van der Waals surface area contributed by atoms with E-state index in [-0.39, 0.29) is 0 Å². The van der Waals surface area contributed by atoms with Crippen LogP contribution in [0, 0.1) is 11.6 Å². The van der Waals surface area contributed by atoms with E-state index in [9.17, 15) is 19.0 Å². The van der Waals surface area contributed by atoms with Crippen LogP contribution in [0.25, 0.3) is 5.57 Å². The number of aromatic nitrogens is 1. The molecule has 0 saturated carbocycles. The van der Waals surface area contributed by atoms with Gasteiger partial charge in [-0.05, 0) is 69.0 Å². The van der Waals surface area contributed by atoms with E-state index >= 15 is 0 Å². The molecule has 2 heterocycles. The maximum atomic E-state index is 13.7. The molecule has 1 aliphatic rings. The SMILES string of the molecule is CN=C/C(=C(/C)N)c1cc(C(C)(C)O)cc(N2CCC(O)(c3ccc(F)c(F)c3)CC2)n1. The molecule has 1 fully saturated rings. The number of pyridine rings is 1. The Morgan fingerprint density at radius 2 is 1.84 bits per heavy atom. The molecule has 0 amide bonds. The number of aliphatic imine (C=N–C) groups is 1. The van der Waals surface area contributed by atoms with Gasteiger partial charge in [-0.2, -0.15) is 0 Å². The number of nitrogens with two attached hydrogens (primary N) is 1. The highest BCUT2D eigenvalue weighted by Gasteiger charge is 2.35. The van der Waals surface area contributed by atoms with Gasteiger partial charge in [0.2, 0.25) is 0 Å². The van der Waals surface area contributed by atoms with Crippen LogP contribution in [0.3, 0.4) is 0 Å². The van der Waals surface area contributed by atoms with Crippen molar-refractivity contribution in [2.45, 2.75) is 44.8 Å². The number of rotatable bonds is 5. The van der Waals surface area contributed by atoms with Crippen LogP contribution in [0.2, 0.25) is 0 Å². The van der Waals surface area contributed by atoms with Gasteiger partial charge in [-0.1, -0.05) is 6.07 Å². The summed E-state index contributed by atoms with van der Waals surface area (Å²) in [4.78, 5) is 10.8. The number of benzene rings is 1. The molecule has 0 radical (unpaired) electrons. The number of piperidine rings is 1. The Morgan fingerprint density at radius 1 is 1.19 bits per heavy atom. The molecule has 3 rings (SSSR count). The Labute approximate surface area is 187 Å². The number of anilines is 1. The zero-order chi connectivity index (χ0) is 23.7. The Morgan fingerprint density at radius 3 is 2.38 bits per heavy atom. The molecule has 1 saturated heterocycles. The molecule has 1 aliphatic heterocycles. The molecule has 0 aliphatic carbocycles. The third-order valence-electron chi connectivity index (χ3n) is 5.85. The number of nitrogens with zero attached hydrogens (tertiary/aromatic N) is 3. The second-order valence-corrected chi connectivity index (χ2v) is 8.79. The summed E-state index contributed by atoms with van der Waals surface area (Å²) in [6.45, 7) is 6.04. The lowest BCUT2D eigenvalue weighted by atomic mass is 9.84. The minimum Gasteiger partial charge on any atom is -0.402 e. The van der Waals surface area contributed by atoms with Crippen LogP contribution >= 0.6 is 0 Å². The molecule has 172 valence electrons. The Hall–Kier alpha value is -2.84. The van der Waals surface area contributed by atoms with Crippen LogP contribution in [-0.4, -0.2) is 41.5 Å². The molecule has 0 unspecified atom stereocenters. The van der Waals surface area contributed by atoms with E-state index in [0.29, 0.717) is 59.8 Å². The molecular formula is C24H30F2N4O2. The summed E-state index contributed by atoms with van der Waals surface area (Å²) in [5, 5.41) is 21.7. The molecule has 1 aromatic carbocycles. The van der Waals surface area contributed by atoms with Crippen molar-refractivity contribution in [3.05, 3.63) is 64.5 Å². The van der Waals surface area contributed by atoms with Crippen LogP contribution in [0.1, 0.15) is 50.4 Å². The van der Waals surface area contributed by atoms with E-state index in [0.717, 1.165) is 12.1 Å². The quantitative estimate of drug-likeness (QED) is 0.614. The summed E-state index contributed by atoms with van der Waals surface area (Å²) in [5.41, 5.74) is 6.52. The normalized spacial score (nSPS) is 17.6. The highest BCUT2D eigenvalue weighted by molar-refractivity contribution is 6.10. The number of aliphatic hydroxyl groups is 2. The average molecular weight is 445 g/mol. The molecule has 0 atom stereocenters. The third-order valence-corrected chi connectivity index (χ3v) is 5.85. The van der Waals surface area contributed by atoms with E-state index in [1.165, 1.54) is 6.07 Å². The summed E-state index contributed by atoms with van der Waals surface area (Å²) in [6, 6.07) is 7.12. The van der Waals surface area contributed by atoms with Crippen molar-refractivity contribution in [3.63, 3.8) is 0 Å². The van der Waals surface area contributed by atoms with Crippen molar-refractivity contribution in [2.24, 2.45) is 10.7 Å². The second-order valence-electron chi connectivity index (χ2n) is 8.79. The standard InChI is InChI=1S/C24H30F2N4O2/c1-15(27)18(14-28-4)21-12-17(23(2,3)31)13-22(29-21)30-9-7-24(32,8-10-30)16-5-6-19(25)20(26)11-16/h5-6,11-14,31-32H,7-10,27H2,1-4H3/b18-15+,28-14?. The predicted molar refractivity (Wildman–Crippen MR) is 122 cm³/mol. The highest BCUT2D eigenvalue weighted by atomic mass is 19.2. The molecule has 4 N–H and O–H groups in total. The van der Waals surface area contributed by atoms with Crippen molar-refractivity contribution >= 4 is 17.6 Å². The molecule has 1 aromatic heterocycles. The van der Waals surface area contributed by atoms with Crippen molar-refractivity contribution in [1.29, 1.82) is 0 Å². The highest BCUT2D eigenvalue weighted by Crippen LogP contribution is 2.36. The molecule has 0 spiro atoms. The number of hydrogen-bond acceptors (Lipinski definition) is 6. The Bertz CT molecular complexity index is 1050. The van der Waals surface area contributed by atoms with Crippen LogP contribution in [0.4, 0.5) is 14.6 Å². The summed E-state index contributed by atoms with van der Waals surface area (Å²) < 4.78 is 27.0. The third kappa shape index (κ3) is 4.97. The molecule has 2 aromatic rings. The first kappa shape index (κ1) is 23.8. The predicted octanol–water partition coefficient (Wildman–Crippen LogP) is 3.47. The largest absolute Gasteiger partial charge is 0.402 e. The van der Waals surface area contributed by atoms with Crippen molar-refractivity contribution in [2.75, 3.05) is 25.0 Å². The lowest BCUT2D eigenvalue weighted by Crippen LogP contribution is -2.43. The lowest BCUT2D eigenvalue weighted by molar-refractivity contribution is 0.0112. The van der Waals surface area contributed by atoms with Gasteiger partial charge in [-0.15, -0.1) is 0 Å². The first-order chi connectivity index (χ1) is 14.9. The number of halogens is 2. The van der Waals surface area contributed by atoms with Gasteiger partial charge >= 0.3 is 0 Å². The van der Waals surface area contributed by atoms with E-state index < -0.39 is 22.8 Å². The smallest absolute Gasteiger partial charge is 0.159 e. The minimum atomic E-state index is -1.25. The van der Waals surface area contributed by atoms with Gasteiger partial charge in [-0.25, -0.2) is 13.8 Å². The minimum absolute atomic E-state index is 0.316. The van der Waals surface area contributed by atoms with Crippen LogP contribution in [-0.2, 0) is 11.2 Å². The average Bonchev–Trinajstić information content (AvgIpc) is 2.73. The summed E-state index contributed by atoms with van der Waals surface area (Å²) >= 11 is 0. The summed E-state index contributed by atoms with van der Waals surface area (Å²) in [6.07, 6.45) is 2.27. The van der Waals surface area contributed by atoms with Gasteiger partial charge in [0.05, 0.1) is 16.9 Å². The zero-order valence-corrected chi connectivity index (χ0v) is 18.9. The van der Waals surface area contributed by atoms with Crippen molar-refractivity contribution in [3.8, 4) is 0 Å². The van der Waals surface area contributed by atoms with E-state index in [1.54, 1.807) is 40.1 Å². The summed E-state index contributed by atoms with van der Waals surface area (Å²) in [7, 11) is 1.65. The molecule has 0 bridgehead atoms. The number of hydrogen-bond donors (Lipinski definition) is 3. The first-order valence-electron chi connectivity index (χ1n) is 10.5. The maximum absolute atomic E-state index is 13.7. The van der Waals surface area contributed by atoms with E-state index in [1.807, 2.05) is 11.0 Å². The topological polar surface area (TPSA) is 95.0 Å². The zero-order valence-electron chi connectivity index (χ0n) is 18.9. The van der Waals surface area contributed by atoms with E-state index in [2.05, 4.69) is 4.99 Å². The molecular weight excluding hydrogens is 414 g/mol. The fourth-order valence-corrected chi connectivity index (χ4v) is 3.85.